The number of carbonyl (C=O) groups is 4. The van der Waals surface area contributed by atoms with Crippen LogP contribution < -0.4 is 0 Å². The summed E-state index contributed by atoms with van der Waals surface area (Å²) in [7, 11) is 5.18. The van der Waals surface area contributed by atoms with Gasteiger partial charge in [0.1, 0.15) is 29.7 Å². The molecule has 364 valence electrons. The molecule has 0 bridgehead atoms. The van der Waals surface area contributed by atoms with Crippen molar-refractivity contribution in [3.8, 4) is 0 Å². The maximum absolute atomic E-state index is 14.1. The smallest absolute Gasteiger partial charge is 0.311 e. The Morgan fingerprint density at radius 1 is 0.887 bits per heavy atom. The van der Waals surface area contributed by atoms with Crippen LogP contribution in [0.15, 0.2) is 0 Å². The van der Waals surface area contributed by atoms with E-state index in [0.717, 1.165) is 0 Å². The average molecular weight is 898 g/mol. The third kappa shape index (κ3) is 14.1. The monoisotopic (exact) mass is 898 g/mol. The fourth-order valence-electron chi connectivity index (χ4n) is 9.03. The molecule has 0 amide bonds. The van der Waals surface area contributed by atoms with Crippen LogP contribution in [0.1, 0.15) is 115 Å². The molecule has 0 aliphatic carbocycles. The number of aliphatic carboxylic acids is 2. The maximum Gasteiger partial charge on any atom is 0.311 e. The zero-order chi connectivity index (χ0) is 47.1. The molecule has 0 radical (unpaired) electrons. The Bertz CT molecular complexity index is 1440. The summed E-state index contributed by atoms with van der Waals surface area (Å²) in [6.07, 6.45) is -9.63. The highest BCUT2D eigenvalue weighted by Crippen LogP contribution is 2.41. The lowest BCUT2D eigenvalue weighted by molar-refractivity contribution is -0.318. The number of hydrogen-bond donors (Lipinski definition) is 7. The molecule has 0 spiro atoms. The molecule has 9 N–H and O–H groups in total. The first-order valence-electron chi connectivity index (χ1n) is 21.5. The number of ketones is 1. The fraction of sp³-hybridized carbons (Fsp3) is 0.907. The van der Waals surface area contributed by atoms with Crippen LogP contribution in [-0.2, 0) is 47.6 Å². The van der Waals surface area contributed by atoms with E-state index in [4.69, 9.17) is 38.6 Å². The van der Waals surface area contributed by atoms with Gasteiger partial charge in [0.15, 0.2) is 12.6 Å². The topological polar surface area (TPSA) is 300 Å². The minimum absolute atomic E-state index is 0. The molecule has 3 rings (SSSR count). The van der Waals surface area contributed by atoms with Crippen LogP contribution in [0.3, 0.4) is 0 Å². The molecule has 3 heterocycles. The predicted octanol–water partition coefficient (Wildman–Crippen LogP) is 1.53. The number of carboxylic acids is 2. The Hall–Kier alpha value is -2.40. The van der Waals surface area contributed by atoms with E-state index < -0.39 is 125 Å². The molecule has 3 fully saturated rings. The van der Waals surface area contributed by atoms with E-state index in [0.29, 0.717) is 12.8 Å². The van der Waals surface area contributed by atoms with Gasteiger partial charge in [-0.25, -0.2) is 0 Å². The normalized spacial score (nSPS) is 42.9. The summed E-state index contributed by atoms with van der Waals surface area (Å²) < 4.78 is 37.1. The molecule has 0 aromatic carbocycles. The van der Waals surface area contributed by atoms with Gasteiger partial charge in [-0.1, -0.05) is 34.6 Å². The lowest BCUT2D eigenvalue weighted by Crippen LogP contribution is -2.61. The van der Waals surface area contributed by atoms with Gasteiger partial charge < -0.3 is 74.5 Å². The van der Waals surface area contributed by atoms with Gasteiger partial charge in [-0.05, 0) is 81.3 Å². The minimum atomic E-state index is -1.99. The van der Waals surface area contributed by atoms with Crippen LogP contribution in [0.2, 0.25) is 0 Å². The number of aliphatic hydroxyl groups excluding tert-OH is 3. The van der Waals surface area contributed by atoms with E-state index in [2.05, 4.69) is 0 Å². The van der Waals surface area contributed by atoms with Crippen LogP contribution in [0.25, 0.3) is 0 Å². The van der Waals surface area contributed by atoms with Gasteiger partial charge in [0.2, 0.25) is 0 Å². The number of rotatable bonds is 11. The molecule has 3 aliphatic heterocycles. The number of carboxylic acid groups (broad SMARTS) is 2. The molecular weight excluding hydrogens is 818 g/mol. The number of Topliss-reactive ketones (excluding diaryl/α,β-unsaturated/α-hetero) is 1. The van der Waals surface area contributed by atoms with Gasteiger partial charge >= 0.3 is 17.9 Å². The number of carbonyl (C=O) groups excluding carboxylic acids is 2. The van der Waals surface area contributed by atoms with Crippen molar-refractivity contribution in [2.75, 3.05) is 21.2 Å². The van der Waals surface area contributed by atoms with E-state index in [1.165, 1.54) is 27.9 Å². The van der Waals surface area contributed by atoms with Gasteiger partial charge in [0, 0.05) is 37.3 Å². The number of likely N-dealkylation sites (N-methyl/N-ethyl adjacent to an activating group) is 1. The van der Waals surface area contributed by atoms with E-state index >= 15 is 0 Å². The fourth-order valence-corrected chi connectivity index (χ4v) is 9.03. The Kier molecular flexibility index (Phi) is 22.0. The number of hydrogen-bond acceptors (Lipinski definition) is 16. The molecule has 19 atom stereocenters. The molecule has 19 heteroatoms. The molecule has 3 aliphatic rings. The van der Waals surface area contributed by atoms with Crippen LogP contribution in [0, 0.1) is 29.6 Å². The largest absolute Gasteiger partial charge is 0.481 e. The van der Waals surface area contributed by atoms with E-state index in [-0.39, 0.29) is 43.3 Å². The van der Waals surface area contributed by atoms with Crippen molar-refractivity contribution in [2.24, 2.45) is 29.6 Å². The second-order valence-corrected chi connectivity index (χ2v) is 18.5. The highest BCUT2D eigenvalue weighted by atomic mass is 16.7. The minimum Gasteiger partial charge on any atom is -0.481 e. The molecule has 3 saturated heterocycles. The van der Waals surface area contributed by atoms with Gasteiger partial charge in [0.25, 0.3) is 0 Å². The third-order valence-electron chi connectivity index (χ3n) is 13.1. The van der Waals surface area contributed by atoms with Crippen molar-refractivity contribution in [1.29, 1.82) is 0 Å². The van der Waals surface area contributed by atoms with E-state index in [1.54, 1.807) is 48.5 Å². The zero-order valence-electron chi connectivity index (χ0n) is 39.1. The number of nitrogens with zero attached hydrogens (tertiary/aromatic N) is 1. The highest BCUT2D eigenvalue weighted by molar-refractivity contribution is 5.83. The second-order valence-electron chi connectivity index (χ2n) is 18.5. The number of ether oxygens (including phenoxy) is 6. The first kappa shape index (κ1) is 57.6. The lowest BCUT2D eigenvalue weighted by atomic mass is 9.74. The van der Waals surface area contributed by atoms with Crippen LogP contribution in [0.4, 0.5) is 0 Å². The first-order chi connectivity index (χ1) is 28.0. The lowest BCUT2D eigenvalue weighted by Gasteiger charge is -2.49. The average Bonchev–Trinajstić information content (AvgIpc) is 3.17. The van der Waals surface area contributed by atoms with Gasteiger partial charge in [-0.3, -0.25) is 19.2 Å². The standard InChI is InChI=1S/C37H67NO13.C6H10O4.H2O/c1-14-25-37(10,45)30(41)20(4)27(39)18(2)16-35(8,44)32(51-34-28(40)24(38(11)12)15-19(3)47-34)21(5)29(22(6)33(43)49-25)50-26-17-36(9,46-13)31(42)23(7)48-26;1-2-4(6(9)10)3-5(7)8;/h18-26,28-32,34,40-42,44-45H,14-17H2,1-13H3;4H,2-3H2,1H3,(H,7,8)(H,9,10);1H2/t18-,19-,20+,21-,22-,23+,24+,25-,26+,28-,29+,30+,31+,32-,34+,35-,36-,37-;;/m1../s1. The molecule has 0 aromatic rings. The van der Waals surface area contributed by atoms with E-state index in [1.807, 2.05) is 25.9 Å². The summed E-state index contributed by atoms with van der Waals surface area (Å²) in [6, 6.07) is -0.324. The van der Waals surface area contributed by atoms with Crippen molar-refractivity contribution in [2.45, 2.75) is 199 Å². The van der Waals surface area contributed by atoms with Crippen molar-refractivity contribution in [1.82, 2.24) is 4.90 Å². The number of methoxy groups -OCH3 is 1. The Morgan fingerprint density at radius 3 is 1.94 bits per heavy atom. The first-order valence-corrected chi connectivity index (χ1v) is 21.5. The molecule has 1 unspecified atom stereocenters. The molecule has 0 aromatic heterocycles. The van der Waals surface area contributed by atoms with Crippen molar-refractivity contribution in [3.05, 3.63) is 0 Å². The van der Waals surface area contributed by atoms with Crippen molar-refractivity contribution in [3.63, 3.8) is 0 Å². The number of cyclic esters (lactones) is 1. The molecule has 0 saturated carbocycles. The molecule has 19 nitrogen and oxygen atoms in total. The Labute approximate surface area is 366 Å². The van der Waals surface area contributed by atoms with Crippen molar-refractivity contribution >= 4 is 23.7 Å². The molecule has 62 heavy (non-hydrogen) atoms. The summed E-state index contributed by atoms with van der Waals surface area (Å²) >= 11 is 0. The summed E-state index contributed by atoms with van der Waals surface area (Å²) in [4.78, 5) is 50.0. The summed E-state index contributed by atoms with van der Waals surface area (Å²) in [5.74, 6) is -7.81. The number of aliphatic hydroxyl groups is 5. The molecular formula is C43H79NO18. The van der Waals surface area contributed by atoms with E-state index in [9.17, 15) is 44.7 Å². The second kappa shape index (κ2) is 23.7. The van der Waals surface area contributed by atoms with Gasteiger partial charge in [-0.2, -0.15) is 0 Å². The van der Waals surface area contributed by atoms with Crippen LogP contribution >= 0.6 is 0 Å². The SMILES string of the molecule is CCC(CC(=O)O)C(=O)O.CC[C@H]1OC(=O)[C@H](C)[C@@H](O[C@H]2C[C@@](C)(OC)[C@@H](O)[C@H](C)O2)[C@@H](C)[C@@H](O[C@@H]2O[C@H](C)C[C@H](N(C)C)[C@H]2O)[C@](C)(O)C[C@@H](C)C(=O)[C@H](C)[C@H](O)[C@]1(C)O.O. The highest BCUT2D eigenvalue weighted by Gasteiger charge is 2.53. The van der Waals surface area contributed by atoms with Gasteiger partial charge in [0.05, 0.1) is 60.0 Å². The Morgan fingerprint density at radius 2 is 1.47 bits per heavy atom. The zero-order valence-corrected chi connectivity index (χ0v) is 39.1. The van der Waals surface area contributed by atoms with Gasteiger partial charge in [-0.15, -0.1) is 0 Å². The summed E-state index contributed by atoms with van der Waals surface area (Å²) in [5, 5.41) is 74.2. The number of esters is 1. The quantitative estimate of drug-likeness (QED) is 0.145. The predicted molar refractivity (Wildman–Crippen MR) is 224 cm³/mol. The van der Waals surface area contributed by atoms with Crippen LogP contribution in [0.5, 0.6) is 0 Å². The summed E-state index contributed by atoms with van der Waals surface area (Å²) in [6.45, 7) is 18.0. The summed E-state index contributed by atoms with van der Waals surface area (Å²) in [5.41, 5.74) is -4.84. The third-order valence-corrected chi connectivity index (χ3v) is 13.1. The maximum atomic E-state index is 14.1. The van der Waals surface area contributed by atoms with Crippen molar-refractivity contribution < 1.29 is 88.8 Å². The van der Waals surface area contributed by atoms with Crippen LogP contribution in [-0.4, -0.2) is 175 Å². The Balaban J connectivity index is 0.00000155.